The molecule has 1 heteroatoms. The molecule has 0 atom stereocenters. The molecule has 0 aliphatic heterocycles. The topological polar surface area (TPSA) is 0 Å². The molecule has 0 bridgehead atoms. The lowest BCUT2D eigenvalue weighted by Gasteiger charge is -2.47. The Hall–Kier alpha value is 0.170. The molecule has 0 heterocycles. The lowest BCUT2D eigenvalue weighted by Crippen LogP contribution is -2.37. The molecule has 0 aromatic rings. The Morgan fingerprint density at radius 3 is 1.68 bits per heavy atom. The second kappa shape index (κ2) is 9.46. The fourth-order valence-electron chi connectivity index (χ4n) is 5.08. The molecule has 2 aliphatic rings. The highest BCUT2D eigenvalue weighted by atomic mass is 31.1. The van der Waals surface area contributed by atoms with Crippen LogP contribution in [0.1, 0.15) is 91.4 Å². The lowest BCUT2D eigenvalue weighted by atomic mass is 9.58. The van der Waals surface area contributed by atoms with Gasteiger partial charge in [-0.2, -0.15) is 0 Å². The summed E-state index contributed by atoms with van der Waals surface area (Å²) in [5.74, 6) is 4.62. The molecule has 0 unspecified atom stereocenters. The van der Waals surface area contributed by atoms with Crippen LogP contribution in [0.5, 0.6) is 0 Å². The third-order valence-electron chi connectivity index (χ3n) is 6.76. The second-order valence-electron chi connectivity index (χ2n) is 7.99. The van der Waals surface area contributed by atoms with E-state index in [0.717, 1.165) is 11.8 Å². The summed E-state index contributed by atoms with van der Waals surface area (Å²) in [6.07, 6.45) is 21.7. The number of hydrogen-bond acceptors (Lipinski definition) is 0. The van der Waals surface area contributed by atoms with Gasteiger partial charge in [0.15, 0.2) is 0 Å². The summed E-state index contributed by atoms with van der Waals surface area (Å²) in [7, 11) is 0.175. The zero-order valence-corrected chi connectivity index (χ0v) is 16.3. The molecule has 0 aromatic carbocycles. The summed E-state index contributed by atoms with van der Waals surface area (Å²) in [5.41, 5.74) is 0.597. The first-order chi connectivity index (χ1) is 10.7. The molecule has 2 fully saturated rings. The van der Waals surface area contributed by atoms with Crippen molar-refractivity contribution < 1.29 is 0 Å². The van der Waals surface area contributed by atoms with E-state index in [1.165, 1.54) is 83.0 Å². The normalized spacial score (nSPS) is 22.7. The standard InChI is InChI=1S/C21H39P/c1-4-22(5-2)18-12-17-21(3,19-13-8-6-9-14-19)20-15-10-7-11-16-20/h12,18-20H,4-11,13-17H2,1-3H3. The first kappa shape index (κ1) is 18.5. The molecule has 0 amide bonds. The van der Waals surface area contributed by atoms with Gasteiger partial charge in [-0.1, -0.05) is 79.1 Å². The molecule has 0 spiro atoms. The third kappa shape index (κ3) is 4.83. The lowest BCUT2D eigenvalue weighted by molar-refractivity contribution is 0.0428. The van der Waals surface area contributed by atoms with Gasteiger partial charge in [-0.3, -0.25) is 0 Å². The van der Waals surface area contributed by atoms with Crippen LogP contribution in [0.25, 0.3) is 0 Å². The van der Waals surface area contributed by atoms with Gasteiger partial charge in [0, 0.05) is 0 Å². The average molecular weight is 323 g/mol. The monoisotopic (exact) mass is 322 g/mol. The second-order valence-corrected chi connectivity index (χ2v) is 10.7. The van der Waals surface area contributed by atoms with Crippen LogP contribution < -0.4 is 0 Å². The van der Waals surface area contributed by atoms with Crippen molar-refractivity contribution in [2.45, 2.75) is 91.4 Å². The zero-order valence-electron chi connectivity index (χ0n) is 15.4. The Labute approximate surface area is 141 Å². The van der Waals surface area contributed by atoms with E-state index in [9.17, 15) is 0 Å². The number of allylic oxidation sites excluding steroid dienone is 1. The fourth-order valence-corrected chi connectivity index (χ4v) is 6.35. The van der Waals surface area contributed by atoms with Gasteiger partial charge in [0.1, 0.15) is 0 Å². The smallest absolute Gasteiger partial charge is 0.0235 e. The van der Waals surface area contributed by atoms with Crippen molar-refractivity contribution in [3.63, 3.8) is 0 Å². The molecule has 22 heavy (non-hydrogen) atoms. The van der Waals surface area contributed by atoms with E-state index < -0.39 is 0 Å². The van der Waals surface area contributed by atoms with Gasteiger partial charge in [0.25, 0.3) is 0 Å². The van der Waals surface area contributed by atoms with Crippen LogP contribution in [-0.4, -0.2) is 12.3 Å². The Kier molecular flexibility index (Phi) is 7.96. The highest BCUT2D eigenvalue weighted by Gasteiger charge is 2.40. The van der Waals surface area contributed by atoms with Crippen LogP contribution in [0.3, 0.4) is 0 Å². The van der Waals surface area contributed by atoms with Crippen LogP contribution in [0.4, 0.5) is 0 Å². The molecule has 128 valence electrons. The van der Waals surface area contributed by atoms with Crippen LogP contribution >= 0.6 is 7.92 Å². The van der Waals surface area contributed by atoms with Crippen LogP contribution in [0.2, 0.25) is 0 Å². The quantitative estimate of drug-likeness (QED) is 0.424. The van der Waals surface area contributed by atoms with Crippen molar-refractivity contribution in [2.75, 3.05) is 12.3 Å². The van der Waals surface area contributed by atoms with Crippen molar-refractivity contribution in [1.82, 2.24) is 0 Å². The number of hydrogen-bond donors (Lipinski definition) is 0. The maximum Gasteiger partial charge on any atom is -0.0235 e. The fraction of sp³-hybridized carbons (Fsp3) is 0.905. The molecule has 2 rings (SSSR count). The molecule has 2 aliphatic carbocycles. The van der Waals surface area contributed by atoms with E-state index in [-0.39, 0.29) is 7.92 Å². The molecule has 0 saturated heterocycles. The molecular weight excluding hydrogens is 283 g/mol. The predicted molar refractivity (Wildman–Crippen MR) is 103 cm³/mol. The maximum atomic E-state index is 2.67. The average Bonchev–Trinajstić information content (AvgIpc) is 2.60. The number of rotatable bonds is 7. The minimum Gasteiger partial charge on any atom is -0.0841 e. The summed E-state index contributed by atoms with van der Waals surface area (Å²) in [5, 5.41) is 0. The highest BCUT2D eigenvalue weighted by Crippen LogP contribution is 2.51. The Morgan fingerprint density at radius 2 is 1.27 bits per heavy atom. The van der Waals surface area contributed by atoms with Gasteiger partial charge in [-0.15, -0.1) is 0 Å². The third-order valence-corrected chi connectivity index (χ3v) is 9.02. The first-order valence-electron chi connectivity index (χ1n) is 10.1. The minimum atomic E-state index is 0.175. The van der Waals surface area contributed by atoms with Crippen LogP contribution in [-0.2, 0) is 0 Å². The van der Waals surface area contributed by atoms with Crippen molar-refractivity contribution in [2.24, 2.45) is 17.3 Å². The van der Waals surface area contributed by atoms with Gasteiger partial charge in [-0.05, 0) is 61.7 Å². The molecule has 0 radical (unpaired) electrons. The zero-order chi connectivity index (χ0) is 15.8. The van der Waals surface area contributed by atoms with E-state index in [4.69, 9.17) is 0 Å². The minimum absolute atomic E-state index is 0.175. The van der Waals surface area contributed by atoms with Crippen LogP contribution in [0, 0.1) is 17.3 Å². The van der Waals surface area contributed by atoms with Gasteiger partial charge < -0.3 is 0 Å². The maximum absolute atomic E-state index is 2.67. The molecular formula is C21H39P. The first-order valence-corrected chi connectivity index (χ1v) is 11.9. The van der Waals surface area contributed by atoms with Crippen molar-refractivity contribution in [3.8, 4) is 0 Å². The van der Waals surface area contributed by atoms with Gasteiger partial charge in [0.2, 0.25) is 0 Å². The summed E-state index contributed by atoms with van der Waals surface area (Å²) >= 11 is 0. The van der Waals surface area contributed by atoms with Gasteiger partial charge >= 0.3 is 0 Å². The van der Waals surface area contributed by atoms with E-state index in [0.29, 0.717) is 5.41 Å². The summed E-state index contributed by atoms with van der Waals surface area (Å²) in [6.45, 7) is 7.39. The summed E-state index contributed by atoms with van der Waals surface area (Å²) < 4.78 is 0. The predicted octanol–water partition coefficient (Wildman–Crippen LogP) is 7.58. The summed E-state index contributed by atoms with van der Waals surface area (Å²) in [6, 6.07) is 0. The Balaban J connectivity index is 2.05. The highest BCUT2D eigenvalue weighted by molar-refractivity contribution is 7.60. The van der Waals surface area contributed by atoms with Crippen molar-refractivity contribution >= 4 is 7.92 Å². The molecule has 2 saturated carbocycles. The Bertz CT molecular complexity index is 299. The molecule has 0 nitrogen and oxygen atoms in total. The van der Waals surface area contributed by atoms with E-state index >= 15 is 0 Å². The van der Waals surface area contributed by atoms with E-state index in [1.54, 1.807) is 0 Å². The molecule has 0 aromatic heterocycles. The van der Waals surface area contributed by atoms with Gasteiger partial charge in [0.05, 0.1) is 0 Å². The Morgan fingerprint density at radius 1 is 0.818 bits per heavy atom. The summed E-state index contributed by atoms with van der Waals surface area (Å²) in [4.78, 5) is 0. The largest absolute Gasteiger partial charge is 0.0841 e. The molecule has 0 N–H and O–H groups in total. The van der Waals surface area contributed by atoms with Crippen molar-refractivity contribution in [1.29, 1.82) is 0 Å². The van der Waals surface area contributed by atoms with Crippen LogP contribution in [0.15, 0.2) is 11.9 Å². The van der Waals surface area contributed by atoms with Crippen molar-refractivity contribution in [3.05, 3.63) is 11.9 Å². The van der Waals surface area contributed by atoms with Gasteiger partial charge in [-0.25, -0.2) is 0 Å². The SMILES string of the molecule is CCP(C=CCC(C)(C1CCCCC1)C1CCCCC1)CC. The van der Waals surface area contributed by atoms with E-state index in [1.807, 2.05) is 0 Å². The van der Waals surface area contributed by atoms with E-state index in [2.05, 4.69) is 32.7 Å².